The molecule has 3 rings (SSSR count). The second kappa shape index (κ2) is 4.63. The molecule has 0 saturated heterocycles. The summed E-state index contributed by atoms with van der Waals surface area (Å²) in [5.74, 6) is 0.709. The third-order valence-corrected chi connectivity index (χ3v) is 2.96. The van der Waals surface area contributed by atoms with Gasteiger partial charge in [0.25, 0.3) is 0 Å². The Morgan fingerprint density at radius 1 is 0.778 bits per heavy atom. The summed E-state index contributed by atoms with van der Waals surface area (Å²) < 4.78 is 0. The van der Waals surface area contributed by atoms with Gasteiger partial charge in [0, 0.05) is 16.5 Å². The number of aromatic nitrogens is 2. The maximum Gasteiger partial charge on any atom is 0.161 e. The van der Waals surface area contributed by atoms with Gasteiger partial charge in [0.2, 0.25) is 0 Å². The van der Waals surface area contributed by atoms with Gasteiger partial charge in [-0.3, -0.25) is 0 Å². The lowest BCUT2D eigenvalue weighted by atomic mass is 10.2. The zero-order valence-electron chi connectivity index (χ0n) is 9.47. The van der Waals surface area contributed by atoms with Crippen LogP contribution >= 0.6 is 11.6 Å². The number of benzene rings is 2. The zero-order valence-corrected chi connectivity index (χ0v) is 10.2. The highest BCUT2D eigenvalue weighted by Crippen LogP contribution is 2.27. The van der Waals surface area contributed by atoms with E-state index in [0.717, 1.165) is 16.5 Å². The first-order valence-corrected chi connectivity index (χ1v) is 5.95. The van der Waals surface area contributed by atoms with Gasteiger partial charge < -0.3 is 5.32 Å². The summed E-state index contributed by atoms with van der Waals surface area (Å²) in [7, 11) is 0. The smallest absolute Gasteiger partial charge is 0.161 e. The third kappa shape index (κ3) is 2.00. The molecule has 18 heavy (non-hydrogen) atoms. The van der Waals surface area contributed by atoms with Gasteiger partial charge in [0.1, 0.15) is 0 Å². The molecule has 1 N–H and O–H groups in total. The predicted molar refractivity (Wildman–Crippen MR) is 74.3 cm³/mol. The molecule has 0 atom stereocenters. The second-order valence-corrected chi connectivity index (χ2v) is 4.23. The molecule has 0 aliphatic carbocycles. The fourth-order valence-electron chi connectivity index (χ4n) is 1.82. The molecule has 4 heteroatoms. The van der Waals surface area contributed by atoms with Crippen LogP contribution in [0.2, 0.25) is 5.15 Å². The van der Waals surface area contributed by atoms with Crippen molar-refractivity contribution in [1.82, 2.24) is 10.2 Å². The SMILES string of the molecule is Clc1nnc(Nc2ccccc2)c2ccccc12. The molecule has 0 aliphatic heterocycles. The summed E-state index contributed by atoms with van der Waals surface area (Å²) in [5, 5.41) is 13.6. The summed E-state index contributed by atoms with van der Waals surface area (Å²) in [6.07, 6.45) is 0. The van der Waals surface area contributed by atoms with E-state index in [9.17, 15) is 0 Å². The number of nitrogens with one attached hydrogen (secondary N) is 1. The van der Waals surface area contributed by atoms with Crippen molar-refractivity contribution in [2.75, 3.05) is 5.32 Å². The molecule has 0 amide bonds. The first-order valence-electron chi connectivity index (χ1n) is 5.57. The lowest BCUT2D eigenvalue weighted by molar-refractivity contribution is 1.05. The van der Waals surface area contributed by atoms with Crippen LogP contribution in [0.25, 0.3) is 10.8 Å². The summed E-state index contributed by atoms with van der Waals surface area (Å²) in [4.78, 5) is 0. The number of halogens is 1. The maximum absolute atomic E-state index is 6.03. The number of hydrogen-bond donors (Lipinski definition) is 1. The molecule has 0 saturated carbocycles. The molecule has 0 bridgehead atoms. The quantitative estimate of drug-likeness (QED) is 0.751. The number of hydrogen-bond acceptors (Lipinski definition) is 3. The van der Waals surface area contributed by atoms with Crippen LogP contribution in [0, 0.1) is 0 Å². The first kappa shape index (κ1) is 11.0. The Bertz CT molecular complexity index is 683. The number of fused-ring (bicyclic) bond motifs is 1. The van der Waals surface area contributed by atoms with E-state index in [2.05, 4.69) is 15.5 Å². The third-order valence-electron chi connectivity index (χ3n) is 2.68. The summed E-state index contributed by atoms with van der Waals surface area (Å²) in [6, 6.07) is 17.6. The standard InChI is InChI=1S/C14H10ClN3/c15-13-11-8-4-5-9-12(11)14(18-17-13)16-10-6-2-1-3-7-10/h1-9H,(H,16,18). The Kier molecular flexibility index (Phi) is 2.82. The number of nitrogens with zero attached hydrogens (tertiary/aromatic N) is 2. The van der Waals surface area contributed by atoms with E-state index in [4.69, 9.17) is 11.6 Å². The van der Waals surface area contributed by atoms with Crippen molar-refractivity contribution in [3.8, 4) is 0 Å². The van der Waals surface area contributed by atoms with E-state index in [-0.39, 0.29) is 0 Å². The van der Waals surface area contributed by atoms with Crippen molar-refractivity contribution < 1.29 is 0 Å². The minimum atomic E-state index is 0.421. The van der Waals surface area contributed by atoms with Gasteiger partial charge in [-0.15, -0.1) is 10.2 Å². The van der Waals surface area contributed by atoms with Crippen molar-refractivity contribution >= 4 is 33.9 Å². The molecule has 1 aromatic heterocycles. The van der Waals surface area contributed by atoms with Crippen LogP contribution in [-0.2, 0) is 0 Å². The van der Waals surface area contributed by atoms with E-state index in [1.54, 1.807) is 0 Å². The number of rotatable bonds is 2. The van der Waals surface area contributed by atoms with Gasteiger partial charge in [0.15, 0.2) is 11.0 Å². The summed E-state index contributed by atoms with van der Waals surface area (Å²) in [6.45, 7) is 0. The average Bonchev–Trinajstić information content (AvgIpc) is 2.44. The highest BCUT2D eigenvalue weighted by molar-refractivity contribution is 6.34. The lowest BCUT2D eigenvalue weighted by Gasteiger charge is -2.08. The largest absolute Gasteiger partial charge is 0.338 e. The molecule has 3 nitrogen and oxygen atoms in total. The van der Waals surface area contributed by atoms with Crippen LogP contribution in [0.15, 0.2) is 54.6 Å². The highest BCUT2D eigenvalue weighted by Gasteiger charge is 2.06. The van der Waals surface area contributed by atoms with Gasteiger partial charge in [-0.2, -0.15) is 0 Å². The zero-order chi connectivity index (χ0) is 12.4. The first-order chi connectivity index (χ1) is 8.84. The Morgan fingerprint density at radius 3 is 2.22 bits per heavy atom. The monoisotopic (exact) mass is 255 g/mol. The highest BCUT2D eigenvalue weighted by atomic mass is 35.5. The Labute approximate surface area is 109 Å². The number of anilines is 2. The molecule has 1 heterocycles. The van der Waals surface area contributed by atoms with Crippen LogP contribution in [0.1, 0.15) is 0 Å². The normalized spacial score (nSPS) is 10.5. The Hall–Kier alpha value is -2.13. The molecule has 0 fully saturated rings. The molecule has 0 unspecified atom stereocenters. The van der Waals surface area contributed by atoms with Gasteiger partial charge in [-0.05, 0) is 12.1 Å². The van der Waals surface area contributed by atoms with Gasteiger partial charge >= 0.3 is 0 Å². The van der Waals surface area contributed by atoms with Crippen molar-refractivity contribution in [2.45, 2.75) is 0 Å². The predicted octanol–water partition coefficient (Wildman–Crippen LogP) is 4.03. The van der Waals surface area contributed by atoms with Crippen LogP contribution in [0.3, 0.4) is 0 Å². The molecule has 0 spiro atoms. The van der Waals surface area contributed by atoms with Gasteiger partial charge in [-0.1, -0.05) is 54.1 Å². The Morgan fingerprint density at radius 2 is 1.44 bits per heavy atom. The molecule has 88 valence electrons. The van der Waals surface area contributed by atoms with Crippen molar-refractivity contribution in [2.24, 2.45) is 0 Å². The fraction of sp³-hybridized carbons (Fsp3) is 0. The van der Waals surface area contributed by atoms with Crippen LogP contribution in [-0.4, -0.2) is 10.2 Å². The van der Waals surface area contributed by atoms with Crippen LogP contribution in [0.4, 0.5) is 11.5 Å². The van der Waals surface area contributed by atoms with Crippen molar-refractivity contribution in [3.63, 3.8) is 0 Å². The van der Waals surface area contributed by atoms with Gasteiger partial charge in [-0.25, -0.2) is 0 Å². The van der Waals surface area contributed by atoms with Crippen molar-refractivity contribution in [3.05, 3.63) is 59.8 Å². The minimum Gasteiger partial charge on any atom is -0.338 e. The lowest BCUT2D eigenvalue weighted by Crippen LogP contribution is -1.97. The van der Waals surface area contributed by atoms with Crippen molar-refractivity contribution in [1.29, 1.82) is 0 Å². The maximum atomic E-state index is 6.03. The molecular weight excluding hydrogens is 246 g/mol. The molecular formula is C14H10ClN3. The van der Waals surface area contributed by atoms with E-state index < -0.39 is 0 Å². The van der Waals surface area contributed by atoms with E-state index in [1.807, 2.05) is 54.6 Å². The summed E-state index contributed by atoms with van der Waals surface area (Å²) >= 11 is 6.03. The number of para-hydroxylation sites is 1. The fourth-order valence-corrected chi connectivity index (χ4v) is 2.02. The molecule has 0 aliphatic rings. The average molecular weight is 256 g/mol. The second-order valence-electron chi connectivity index (χ2n) is 3.88. The van der Waals surface area contributed by atoms with E-state index in [1.165, 1.54) is 0 Å². The topological polar surface area (TPSA) is 37.8 Å². The summed E-state index contributed by atoms with van der Waals surface area (Å²) in [5.41, 5.74) is 0.972. The molecule has 3 aromatic rings. The molecule has 2 aromatic carbocycles. The minimum absolute atomic E-state index is 0.421. The molecule has 0 radical (unpaired) electrons. The van der Waals surface area contributed by atoms with E-state index >= 15 is 0 Å². The van der Waals surface area contributed by atoms with Crippen LogP contribution in [0.5, 0.6) is 0 Å². The van der Waals surface area contributed by atoms with E-state index in [0.29, 0.717) is 11.0 Å². The Balaban J connectivity index is 2.10. The van der Waals surface area contributed by atoms with Gasteiger partial charge in [0.05, 0.1) is 0 Å². The van der Waals surface area contributed by atoms with Crippen LogP contribution < -0.4 is 5.32 Å².